The molecule has 0 spiro atoms. The van der Waals surface area contributed by atoms with Crippen molar-refractivity contribution in [1.29, 1.82) is 0 Å². The third-order valence-electron chi connectivity index (χ3n) is 4.13. The summed E-state index contributed by atoms with van der Waals surface area (Å²) in [5.41, 5.74) is 5.89. The molecule has 0 atom stereocenters. The van der Waals surface area contributed by atoms with E-state index in [9.17, 15) is 4.79 Å². The number of halogens is 2. The topological polar surface area (TPSA) is 55.1 Å². The first-order chi connectivity index (χ1) is 9.84. The van der Waals surface area contributed by atoms with E-state index >= 15 is 0 Å². The molecule has 0 saturated heterocycles. The molecule has 6 heteroatoms. The predicted molar refractivity (Wildman–Crippen MR) is 98.8 cm³/mol. The molecule has 21 heavy (non-hydrogen) atoms. The van der Waals surface area contributed by atoms with Gasteiger partial charge in [-0.3, -0.25) is 4.79 Å². The number of rotatable bonds is 3. The van der Waals surface area contributed by atoms with E-state index in [0.29, 0.717) is 21.5 Å². The van der Waals surface area contributed by atoms with Gasteiger partial charge in [0.05, 0.1) is 15.6 Å². The fraction of sp³-hybridized carbons (Fsp3) is 0.467. The summed E-state index contributed by atoms with van der Waals surface area (Å²) in [6, 6.07) is 5.27. The average molecular weight is 437 g/mol. The third kappa shape index (κ3) is 3.87. The van der Waals surface area contributed by atoms with Gasteiger partial charge >= 0.3 is 0 Å². The molecule has 0 bridgehead atoms. The second-order valence-electron chi connectivity index (χ2n) is 5.71. The summed E-state index contributed by atoms with van der Waals surface area (Å²) in [5, 5.41) is 3.62. The zero-order chi connectivity index (χ0) is 15.6. The maximum absolute atomic E-state index is 12.5. The monoisotopic (exact) mass is 436 g/mol. The maximum atomic E-state index is 12.5. The molecule has 114 valence electrons. The number of hydrogen-bond acceptors (Lipinski definition) is 2. The van der Waals surface area contributed by atoms with Crippen molar-refractivity contribution in [2.24, 2.45) is 11.7 Å². The number of thiocarbonyl (C=S) groups is 1. The Balaban J connectivity index is 2.19. The van der Waals surface area contributed by atoms with Crippen molar-refractivity contribution < 1.29 is 4.79 Å². The van der Waals surface area contributed by atoms with Crippen LogP contribution in [0.5, 0.6) is 0 Å². The first kappa shape index (κ1) is 17.0. The van der Waals surface area contributed by atoms with Crippen LogP contribution in [0.1, 0.15) is 43.0 Å². The SMILES string of the molecule is CC1CCC(NC(=O)c2ccc(I)c(Cl)c2)(C(N)=S)CC1. The Morgan fingerprint density at radius 2 is 2.10 bits per heavy atom. The summed E-state index contributed by atoms with van der Waals surface area (Å²) < 4.78 is 0.918. The maximum Gasteiger partial charge on any atom is 0.252 e. The minimum atomic E-state index is -0.561. The predicted octanol–water partition coefficient (Wildman–Crippen LogP) is 3.91. The van der Waals surface area contributed by atoms with Gasteiger partial charge < -0.3 is 11.1 Å². The quantitative estimate of drug-likeness (QED) is 0.558. The fourth-order valence-corrected chi connectivity index (χ4v) is 3.39. The lowest BCUT2D eigenvalue weighted by Crippen LogP contribution is -2.58. The summed E-state index contributed by atoms with van der Waals surface area (Å²) in [5.74, 6) is 0.479. The van der Waals surface area contributed by atoms with Gasteiger partial charge in [-0.25, -0.2) is 0 Å². The average Bonchev–Trinajstić information content (AvgIpc) is 2.44. The van der Waals surface area contributed by atoms with Gasteiger partial charge in [0.2, 0.25) is 0 Å². The largest absolute Gasteiger partial charge is 0.391 e. The van der Waals surface area contributed by atoms with Gasteiger partial charge in [0.25, 0.3) is 5.91 Å². The zero-order valence-electron chi connectivity index (χ0n) is 11.8. The molecule has 1 fully saturated rings. The molecule has 1 aliphatic rings. The molecular weight excluding hydrogens is 419 g/mol. The number of carbonyl (C=O) groups is 1. The summed E-state index contributed by atoms with van der Waals surface area (Å²) in [6.45, 7) is 2.21. The third-order valence-corrected chi connectivity index (χ3v) is 6.10. The Morgan fingerprint density at radius 1 is 1.48 bits per heavy atom. The number of nitrogens with one attached hydrogen (secondary N) is 1. The van der Waals surface area contributed by atoms with Gasteiger partial charge in [-0.15, -0.1) is 0 Å². The van der Waals surface area contributed by atoms with Gasteiger partial charge in [-0.05, 0) is 72.4 Å². The van der Waals surface area contributed by atoms with Crippen LogP contribution < -0.4 is 11.1 Å². The lowest BCUT2D eigenvalue weighted by atomic mass is 9.77. The van der Waals surface area contributed by atoms with E-state index < -0.39 is 5.54 Å². The van der Waals surface area contributed by atoms with Crippen molar-refractivity contribution >= 4 is 57.3 Å². The van der Waals surface area contributed by atoms with Gasteiger partial charge in [0, 0.05) is 9.13 Å². The van der Waals surface area contributed by atoms with Crippen molar-refractivity contribution in [1.82, 2.24) is 5.32 Å². The molecule has 0 aliphatic heterocycles. The van der Waals surface area contributed by atoms with Crippen LogP contribution in [-0.2, 0) is 0 Å². The minimum Gasteiger partial charge on any atom is -0.391 e. The molecule has 1 aromatic carbocycles. The molecule has 3 nitrogen and oxygen atoms in total. The molecular formula is C15H18ClIN2OS. The first-order valence-electron chi connectivity index (χ1n) is 6.91. The van der Waals surface area contributed by atoms with Crippen LogP contribution in [0.4, 0.5) is 0 Å². The Hall–Kier alpha value is -0.400. The first-order valence-corrected chi connectivity index (χ1v) is 8.78. The van der Waals surface area contributed by atoms with Crippen molar-refractivity contribution in [3.63, 3.8) is 0 Å². The smallest absolute Gasteiger partial charge is 0.252 e. The molecule has 1 aliphatic carbocycles. The van der Waals surface area contributed by atoms with E-state index in [0.717, 1.165) is 29.3 Å². The number of nitrogens with two attached hydrogens (primary N) is 1. The molecule has 0 unspecified atom stereocenters. The standard InChI is InChI=1S/C15H18ClIN2OS/c1-9-4-6-15(7-5-9,14(18)21)19-13(20)10-2-3-12(17)11(16)8-10/h2-3,8-9H,4-7H2,1H3,(H2,18,21)(H,19,20). The van der Waals surface area contributed by atoms with E-state index in [1.807, 2.05) is 6.07 Å². The summed E-state index contributed by atoms with van der Waals surface area (Å²) in [7, 11) is 0. The van der Waals surface area contributed by atoms with Crippen LogP contribution in [0.2, 0.25) is 5.02 Å². The number of benzene rings is 1. The lowest BCUT2D eigenvalue weighted by molar-refractivity contribution is 0.0900. The Labute approximate surface area is 149 Å². The van der Waals surface area contributed by atoms with Crippen LogP contribution in [-0.4, -0.2) is 16.4 Å². The highest BCUT2D eigenvalue weighted by Gasteiger charge is 2.38. The molecule has 1 aromatic rings. The molecule has 0 radical (unpaired) electrons. The Kier molecular flexibility index (Phi) is 5.48. The van der Waals surface area contributed by atoms with Crippen molar-refractivity contribution in [2.45, 2.75) is 38.1 Å². The van der Waals surface area contributed by atoms with Crippen LogP contribution in [0.25, 0.3) is 0 Å². The lowest BCUT2D eigenvalue weighted by Gasteiger charge is -2.39. The highest BCUT2D eigenvalue weighted by molar-refractivity contribution is 14.1. The van der Waals surface area contributed by atoms with E-state index in [2.05, 4.69) is 34.8 Å². The van der Waals surface area contributed by atoms with E-state index in [-0.39, 0.29) is 5.91 Å². The minimum absolute atomic E-state index is 0.171. The van der Waals surface area contributed by atoms with Crippen LogP contribution in [0, 0.1) is 9.49 Å². The molecule has 3 N–H and O–H groups in total. The van der Waals surface area contributed by atoms with E-state index in [1.165, 1.54) is 0 Å². The number of hydrogen-bond donors (Lipinski definition) is 2. The van der Waals surface area contributed by atoms with Gasteiger partial charge in [-0.1, -0.05) is 30.7 Å². The van der Waals surface area contributed by atoms with Crippen molar-refractivity contribution in [3.05, 3.63) is 32.4 Å². The zero-order valence-corrected chi connectivity index (χ0v) is 15.5. The van der Waals surface area contributed by atoms with Gasteiger partial charge in [0.1, 0.15) is 0 Å². The van der Waals surface area contributed by atoms with Gasteiger partial charge in [0.15, 0.2) is 0 Å². The normalized spacial score (nSPS) is 25.4. The molecule has 2 rings (SSSR count). The van der Waals surface area contributed by atoms with E-state index in [4.69, 9.17) is 29.6 Å². The van der Waals surface area contributed by atoms with Crippen LogP contribution in [0.15, 0.2) is 18.2 Å². The number of carbonyl (C=O) groups excluding carboxylic acids is 1. The van der Waals surface area contributed by atoms with Gasteiger partial charge in [-0.2, -0.15) is 0 Å². The fourth-order valence-electron chi connectivity index (χ4n) is 2.61. The van der Waals surface area contributed by atoms with Crippen molar-refractivity contribution in [2.75, 3.05) is 0 Å². The summed E-state index contributed by atoms with van der Waals surface area (Å²) in [4.78, 5) is 12.9. The highest BCUT2D eigenvalue weighted by atomic mass is 127. The number of amides is 1. The second kappa shape index (κ2) is 6.79. The summed E-state index contributed by atoms with van der Waals surface area (Å²) >= 11 is 13.4. The van der Waals surface area contributed by atoms with Crippen LogP contribution >= 0.6 is 46.4 Å². The van der Waals surface area contributed by atoms with Crippen molar-refractivity contribution in [3.8, 4) is 0 Å². The highest BCUT2D eigenvalue weighted by Crippen LogP contribution is 2.32. The molecule has 0 heterocycles. The second-order valence-corrected chi connectivity index (χ2v) is 7.72. The Bertz CT molecular complexity index is 571. The van der Waals surface area contributed by atoms with Crippen LogP contribution in [0.3, 0.4) is 0 Å². The molecule has 1 saturated carbocycles. The van der Waals surface area contributed by atoms with E-state index in [1.54, 1.807) is 12.1 Å². The summed E-state index contributed by atoms with van der Waals surface area (Å²) in [6.07, 6.45) is 3.64. The molecule has 1 amide bonds. The Morgan fingerprint density at radius 3 is 2.62 bits per heavy atom. The molecule has 0 aromatic heterocycles.